The summed E-state index contributed by atoms with van der Waals surface area (Å²) in [6.07, 6.45) is 5.22. The summed E-state index contributed by atoms with van der Waals surface area (Å²) in [5.74, 6) is 2.16. The second-order valence-electron chi connectivity index (χ2n) is 5.44. The fourth-order valence-corrected chi connectivity index (χ4v) is 2.50. The summed E-state index contributed by atoms with van der Waals surface area (Å²) in [5, 5.41) is 3.90. The molecule has 1 aliphatic rings. The van der Waals surface area contributed by atoms with Crippen molar-refractivity contribution in [1.29, 1.82) is 0 Å². The third kappa shape index (κ3) is 4.04. The number of likely N-dealkylation sites (tertiary alicyclic amines) is 1. The van der Waals surface area contributed by atoms with Crippen molar-refractivity contribution in [2.45, 2.75) is 52.4 Å². The lowest BCUT2D eigenvalue weighted by atomic mass is 10.00. The Hall–Kier alpha value is -1.39. The van der Waals surface area contributed by atoms with Gasteiger partial charge >= 0.3 is 0 Å². The minimum absolute atomic E-state index is 0.210. The summed E-state index contributed by atoms with van der Waals surface area (Å²) in [6.45, 7) is 6.07. The highest BCUT2D eigenvalue weighted by molar-refractivity contribution is 5.76. The number of rotatable bonds is 5. The average molecular weight is 265 g/mol. The van der Waals surface area contributed by atoms with Gasteiger partial charge in [0.25, 0.3) is 0 Å². The van der Waals surface area contributed by atoms with Gasteiger partial charge in [-0.2, -0.15) is 4.98 Å². The van der Waals surface area contributed by atoms with Crippen molar-refractivity contribution in [1.82, 2.24) is 15.0 Å². The molecule has 1 amide bonds. The summed E-state index contributed by atoms with van der Waals surface area (Å²) < 4.78 is 5.14. The maximum Gasteiger partial charge on any atom is 0.227 e. The van der Waals surface area contributed by atoms with Crippen LogP contribution in [0.4, 0.5) is 0 Å². The van der Waals surface area contributed by atoms with Gasteiger partial charge < -0.3 is 9.42 Å². The third-order valence-electron chi connectivity index (χ3n) is 3.55. The molecule has 2 rings (SSSR count). The van der Waals surface area contributed by atoms with E-state index in [1.165, 1.54) is 6.42 Å². The van der Waals surface area contributed by atoms with Gasteiger partial charge in [-0.05, 0) is 25.2 Å². The van der Waals surface area contributed by atoms with Crippen molar-refractivity contribution < 1.29 is 9.32 Å². The van der Waals surface area contributed by atoms with Crippen LogP contribution in [0, 0.1) is 5.92 Å². The van der Waals surface area contributed by atoms with E-state index in [1.807, 2.05) is 4.90 Å². The van der Waals surface area contributed by atoms with Gasteiger partial charge in [-0.25, -0.2) is 0 Å². The molecule has 0 N–H and O–H groups in total. The highest BCUT2D eigenvalue weighted by Gasteiger charge is 2.21. The molecular weight excluding hydrogens is 242 g/mol. The summed E-state index contributed by atoms with van der Waals surface area (Å²) in [6, 6.07) is 0. The van der Waals surface area contributed by atoms with Gasteiger partial charge in [-0.15, -0.1) is 0 Å². The molecule has 1 aromatic heterocycles. The number of piperidine rings is 1. The molecule has 0 saturated carbocycles. The van der Waals surface area contributed by atoms with Gasteiger partial charge in [0.2, 0.25) is 11.8 Å². The molecule has 1 aliphatic heterocycles. The third-order valence-corrected chi connectivity index (χ3v) is 3.55. The van der Waals surface area contributed by atoms with Crippen molar-refractivity contribution in [2.75, 3.05) is 13.1 Å². The zero-order valence-electron chi connectivity index (χ0n) is 11.9. The van der Waals surface area contributed by atoms with Crippen molar-refractivity contribution in [3.8, 4) is 0 Å². The smallest absolute Gasteiger partial charge is 0.227 e. The Morgan fingerprint density at radius 1 is 1.47 bits per heavy atom. The molecule has 106 valence electrons. The number of aromatic nitrogens is 2. The zero-order chi connectivity index (χ0) is 13.7. The highest BCUT2D eigenvalue weighted by atomic mass is 16.5. The van der Waals surface area contributed by atoms with Gasteiger partial charge in [0.05, 0.1) is 0 Å². The molecule has 0 spiro atoms. The summed E-state index contributed by atoms with van der Waals surface area (Å²) in [4.78, 5) is 18.3. The van der Waals surface area contributed by atoms with E-state index < -0.39 is 0 Å². The van der Waals surface area contributed by atoms with E-state index in [4.69, 9.17) is 4.52 Å². The lowest BCUT2D eigenvalue weighted by Crippen LogP contribution is -2.39. The van der Waals surface area contributed by atoms with Crippen LogP contribution >= 0.6 is 0 Å². The number of nitrogens with zero attached hydrogens (tertiary/aromatic N) is 3. The maximum absolute atomic E-state index is 12.1. The Labute approximate surface area is 114 Å². The van der Waals surface area contributed by atoms with Crippen LogP contribution in [0.25, 0.3) is 0 Å². The number of hydrogen-bond donors (Lipinski definition) is 0. The average Bonchev–Trinajstić information content (AvgIpc) is 2.84. The first-order valence-corrected chi connectivity index (χ1v) is 7.28. The minimum atomic E-state index is 0.210. The van der Waals surface area contributed by atoms with Gasteiger partial charge in [0.15, 0.2) is 5.82 Å². The Kier molecular flexibility index (Phi) is 4.93. The molecule has 19 heavy (non-hydrogen) atoms. The standard InChI is InChI=1S/C14H23N3O2/c1-3-5-12-15-13(19-16-12)7-8-14(18)17-9-4-6-11(2)10-17/h11H,3-10H2,1-2H3/t11-/m1/s1. The lowest BCUT2D eigenvalue weighted by Gasteiger charge is -2.30. The molecule has 0 unspecified atom stereocenters. The fraction of sp³-hybridized carbons (Fsp3) is 0.786. The van der Waals surface area contributed by atoms with Gasteiger partial charge in [0, 0.05) is 32.4 Å². The highest BCUT2D eigenvalue weighted by Crippen LogP contribution is 2.16. The quantitative estimate of drug-likeness (QED) is 0.819. The van der Waals surface area contributed by atoms with Crippen LogP contribution in [0.1, 0.15) is 51.2 Å². The molecule has 0 bridgehead atoms. The van der Waals surface area contributed by atoms with Crippen LogP contribution < -0.4 is 0 Å². The van der Waals surface area contributed by atoms with Crippen molar-refractivity contribution in [2.24, 2.45) is 5.92 Å². The number of carbonyl (C=O) groups excluding carboxylic acids is 1. The van der Waals surface area contributed by atoms with Crippen molar-refractivity contribution >= 4 is 5.91 Å². The van der Waals surface area contributed by atoms with E-state index in [2.05, 4.69) is 24.0 Å². The van der Waals surface area contributed by atoms with E-state index in [9.17, 15) is 4.79 Å². The van der Waals surface area contributed by atoms with Crippen LogP contribution in [0.15, 0.2) is 4.52 Å². The van der Waals surface area contributed by atoms with E-state index in [1.54, 1.807) is 0 Å². The summed E-state index contributed by atoms with van der Waals surface area (Å²) in [7, 11) is 0. The van der Waals surface area contributed by atoms with E-state index in [0.717, 1.165) is 38.2 Å². The van der Waals surface area contributed by atoms with Crippen LogP contribution in [-0.2, 0) is 17.6 Å². The van der Waals surface area contributed by atoms with Gasteiger partial charge in [-0.1, -0.05) is 19.0 Å². The zero-order valence-corrected chi connectivity index (χ0v) is 11.9. The molecule has 1 fully saturated rings. The number of carbonyl (C=O) groups is 1. The summed E-state index contributed by atoms with van der Waals surface area (Å²) in [5.41, 5.74) is 0. The van der Waals surface area contributed by atoms with Gasteiger partial charge in [-0.3, -0.25) is 4.79 Å². The predicted octanol–water partition coefficient (Wildman–Crippen LogP) is 2.21. The molecule has 0 aliphatic carbocycles. The minimum Gasteiger partial charge on any atom is -0.342 e. The molecular formula is C14H23N3O2. The van der Waals surface area contributed by atoms with Crippen LogP contribution in [0.5, 0.6) is 0 Å². The molecule has 5 heteroatoms. The predicted molar refractivity (Wildman–Crippen MR) is 71.6 cm³/mol. The number of hydrogen-bond acceptors (Lipinski definition) is 4. The van der Waals surface area contributed by atoms with Gasteiger partial charge in [0.1, 0.15) is 0 Å². The molecule has 0 aromatic carbocycles. The van der Waals surface area contributed by atoms with Crippen molar-refractivity contribution in [3.63, 3.8) is 0 Å². The second-order valence-corrected chi connectivity index (χ2v) is 5.44. The summed E-state index contributed by atoms with van der Waals surface area (Å²) >= 11 is 0. The Balaban J connectivity index is 1.79. The monoisotopic (exact) mass is 265 g/mol. The second kappa shape index (κ2) is 6.68. The largest absolute Gasteiger partial charge is 0.342 e. The molecule has 1 aromatic rings. The molecule has 1 atom stereocenters. The Bertz CT molecular complexity index is 417. The van der Waals surface area contributed by atoms with Crippen molar-refractivity contribution in [3.05, 3.63) is 11.7 Å². The van der Waals surface area contributed by atoms with Crippen LogP contribution in [-0.4, -0.2) is 34.0 Å². The normalized spacial score (nSPS) is 19.7. The first-order chi connectivity index (χ1) is 9.19. The molecule has 2 heterocycles. The number of aryl methyl sites for hydroxylation is 2. The molecule has 0 radical (unpaired) electrons. The molecule has 5 nitrogen and oxygen atoms in total. The first-order valence-electron chi connectivity index (χ1n) is 7.28. The SMILES string of the molecule is CCCc1noc(CCC(=O)N2CCC[C@@H](C)C2)n1. The fourth-order valence-electron chi connectivity index (χ4n) is 2.50. The number of amides is 1. The lowest BCUT2D eigenvalue weighted by molar-refractivity contribution is -0.132. The Morgan fingerprint density at radius 2 is 2.32 bits per heavy atom. The maximum atomic E-state index is 12.1. The van der Waals surface area contributed by atoms with Crippen LogP contribution in [0.3, 0.4) is 0 Å². The topological polar surface area (TPSA) is 59.2 Å². The van der Waals surface area contributed by atoms with Crippen LogP contribution in [0.2, 0.25) is 0 Å². The first kappa shape index (κ1) is 14.0. The van der Waals surface area contributed by atoms with E-state index in [0.29, 0.717) is 24.7 Å². The molecule has 1 saturated heterocycles. The van der Waals surface area contributed by atoms with E-state index >= 15 is 0 Å². The van der Waals surface area contributed by atoms with E-state index in [-0.39, 0.29) is 5.91 Å². The Morgan fingerprint density at radius 3 is 3.05 bits per heavy atom.